The van der Waals surface area contributed by atoms with E-state index in [2.05, 4.69) is 5.32 Å². The Morgan fingerprint density at radius 3 is 2.55 bits per heavy atom. The molecule has 2 rings (SSSR count). The number of sulfonamides is 1. The van der Waals surface area contributed by atoms with Gasteiger partial charge in [-0.1, -0.05) is 12.5 Å². The van der Waals surface area contributed by atoms with E-state index in [4.69, 9.17) is 5.73 Å². The van der Waals surface area contributed by atoms with Crippen LogP contribution in [0.25, 0.3) is 0 Å². The van der Waals surface area contributed by atoms with E-state index in [0.717, 1.165) is 23.6 Å². The minimum Gasteiger partial charge on any atom is -0.327 e. The van der Waals surface area contributed by atoms with Crippen LogP contribution in [0.15, 0.2) is 29.2 Å². The van der Waals surface area contributed by atoms with Gasteiger partial charge in [0.05, 0.1) is 10.8 Å². The van der Waals surface area contributed by atoms with Gasteiger partial charge in [-0.05, 0) is 31.0 Å². The first-order valence-corrected chi connectivity index (χ1v) is 8.35. The molecule has 1 saturated carbocycles. The van der Waals surface area contributed by atoms with Crippen molar-refractivity contribution in [1.82, 2.24) is 4.31 Å². The van der Waals surface area contributed by atoms with Crippen LogP contribution in [0.4, 0.5) is 5.69 Å². The van der Waals surface area contributed by atoms with E-state index < -0.39 is 10.0 Å². The molecule has 3 N–H and O–H groups in total. The molecular weight excluding hydrogens is 326 g/mol. The number of amides is 1. The average molecular weight is 348 g/mol. The molecule has 0 aromatic heterocycles. The standard InChI is InChI=1S/C14H21N3O3S.ClH/c1-17(2)21(19,20)11-6-3-5-10(9-11)16-14(18)12-7-4-8-13(12)15;/h3,5-6,9,12-13H,4,7-8,15H2,1-2H3,(H,16,18);1H. The van der Waals surface area contributed by atoms with Crippen molar-refractivity contribution in [3.63, 3.8) is 0 Å². The lowest BCUT2D eigenvalue weighted by atomic mass is 10.0. The van der Waals surface area contributed by atoms with E-state index in [-0.39, 0.29) is 35.2 Å². The molecular formula is C14H22ClN3O3S. The van der Waals surface area contributed by atoms with E-state index in [1.165, 1.54) is 26.2 Å². The normalized spacial score (nSPS) is 21.5. The lowest BCUT2D eigenvalue weighted by Crippen LogP contribution is -2.34. The van der Waals surface area contributed by atoms with Crippen molar-refractivity contribution in [2.24, 2.45) is 11.7 Å². The molecule has 0 heterocycles. The third kappa shape index (κ3) is 3.98. The van der Waals surface area contributed by atoms with Crippen molar-refractivity contribution in [3.05, 3.63) is 24.3 Å². The van der Waals surface area contributed by atoms with Crippen LogP contribution < -0.4 is 11.1 Å². The molecule has 1 aliphatic rings. The Kier molecular flexibility index (Phi) is 6.37. The predicted molar refractivity (Wildman–Crippen MR) is 88.5 cm³/mol. The summed E-state index contributed by atoms with van der Waals surface area (Å²) in [6, 6.07) is 6.15. The third-order valence-electron chi connectivity index (χ3n) is 3.79. The average Bonchev–Trinajstić information content (AvgIpc) is 2.85. The van der Waals surface area contributed by atoms with Gasteiger partial charge in [0, 0.05) is 25.8 Å². The molecule has 1 fully saturated rings. The largest absolute Gasteiger partial charge is 0.327 e. The monoisotopic (exact) mass is 347 g/mol. The molecule has 0 saturated heterocycles. The summed E-state index contributed by atoms with van der Waals surface area (Å²) < 4.78 is 25.3. The second kappa shape index (κ2) is 7.41. The molecule has 0 bridgehead atoms. The summed E-state index contributed by atoms with van der Waals surface area (Å²) in [4.78, 5) is 12.3. The molecule has 1 aromatic carbocycles. The highest BCUT2D eigenvalue weighted by molar-refractivity contribution is 7.89. The molecule has 1 amide bonds. The lowest BCUT2D eigenvalue weighted by molar-refractivity contribution is -0.120. The van der Waals surface area contributed by atoms with E-state index >= 15 is 0 Å². The Bertz CT molecular complexity index is 634. The van der Waals surface area contributed by atoms with E-state index in [0.29, 0.717) is 5.69 Å². The van der Waals surface area contributed by atoms with Crippen molar-refractivity contribution in [3.8, 4) is 0 Å². The van der Waals surface area contributed by atoms with Gasteiger partial charge in [0.2, 0.25) is 15.9 Å². The molecule has 2 atom stereocenters. The second-order valence-corrected chi connectivity index (χ2v) is 7.66. The molecule has 6 nitrogen and oxygen atoms in total. The Morgan fingerprint density at radius 1 is 1.32 bits per heavy atom. The van der Waals surface area contributed by atoms with E-state index in [1.807, 2.05) is 0 Å². The number of hydrogen-bond acceptors (Lipinski definition) is 4. The van der Waals surface area contributed by atoms with Crippen LogP contribution in [0.2, 0.25) is 0 Å². The van der Waals surface area contributed by atoms with Gasteiger partial charge in [0.25, 0.3) is 0 Å². The highest BCUT2D eigenvalue weighted by Crippen LogP contribution is 2.26. The smallest absolute Gasteiger partial charge is 0.242 e. The molecule has 0 spiro atoms. The molecule has 1 aromatic rings. The molecule has 0 radical (unpaired) electrons. The number of anilines is 1. The summed E-state index contributed by atoms with van der Waals surface area (Å²) in [6.45, 7) is 0. The van der Waals surface area contributed by atoms with Gasteiger partial charge in [-0.2, -0.15) is 0 Å². The number of benzene rings is 1. The number of nitrogens with two attached hydrogens (primary N) is 1. The number of nitrogens with zero attached hydrogens (tertiary/aromatic N) is 1. The molecule has 2 unspecified atom stereocenters. The van der Waals surface area contributed by atoms with Gasteiger partial charge in [-0.3, -0.25) is 4.79 Å². The van der Waals surface area contributed by atoms with Crippen molar-refractivity contribution in [1.29, 1.82) is 0 Å². The Balaban J connectivity index is 0.00000242. The van der Waals surface area contributed by atoms with Gasteiger partial charge >= 0.3 is 0 Å². The highest BCUT2D eigenvalue weighted by atomic mass is 35.5. The Labute approximate surface area is 137 Å². The molecule has 1 aliphatic carbocycles. The van der Waals surface area contributed by atoms with Crippen LogP contribution >= 0.6 is 12.4 Å². The zero-order valence-electron chi connectivity index (χ0n) is 12.7. The fourth-order valence-corrected chi connectivity index (χ4v) is 3.44. The van der Waals surface area contributed by atoms with Crippen LogP contribution in [-0.4, -0.2) is 38.8 Å². The van der Waals surface area contributed by atoms with Crippen LogP contribution in [0.3, 0.4) is 0 Å². The van der Waals surface area contributed by atoms with Crippen molar-refractivity contribution < 1.29 is 13.2 Å². The summed E-state index contributed by atoms with van der Waals surface area (Å²) >= 11 is 0. The van der Waals surface area contributed by atoms with Crippen molar-refractivity contribution in [2.75, 3.05) is 19.4 Å². The number of carbonyl (C=O) groups is 1. The molecule has 124 valence electrons. The van der Waals surface area contributed by atoms with Gasteiger partial charge in [0.1, 0.15) is 0 Å². The fourth-order valence-electron chi connectivity index (χ4n) is 2.49. The molecule has 22 heavy (non-hydrogen) atoms. The minimum absolute atomic E-state index is 0. The number of hydrogen-bond donors (Lipinski definition) is 2. The molecule has 8 heteroatoms. The summed E-state index contributed by atoms with van der Waals surface area (Å²) in [5, 5.41) is 2.76. The Morgan fingerprint density at radius 2 is 2.00 bits per heavy atom. The van der Waals surface area contributed by atoms with Crippen LogP contribution in [-0.2, 0) is 14.8 Å². The summed E-state index contributed by atoms with van der Waals surface area (Å²) in [7, 11) is -0.567. The zero-order chi connectivity index (χ0) is 15.6. The third-order valence-corrected chi connectivity index (χ3v) is 5.60. The van der Waals surface area contributed by atoms with Gasteiger partial charge in [0.15, 0.2) is 0 Å². The van der Waals surface area contributed by atoms with E-state index in [1.54, 1.807) is 12.1 Å². The maximum Gasteiger partial charge on any atom is 0.242 e. The molecule has 0 aliphatic heterocycles. The van der Waals surface area contributed by atoms with Gasteiger partial charge < -0.3 is 11.1 Å². The minimum atomic E-state index is -3.51. The second-order valence-electron chi connectivity index (χ2n) is 5.51. The maximum atomic E-state index is 12.2. The summed E-state index contributed by atoms with van der Waals surface area (Å²) in [5.74, 6) is -0.335. The SMILES string of the molecule is CN(C)S(=O)(=O)c1cccc(NC(=O)C2CCCC2N)c1.Cl. The number of halogens is 1. The quantitative estimate of drug-likeness (QED) is 0.861. The zero-order valence-corrected chi connectivity index (χ0v) is 14.3. The maximum absolute atomic E-state index is 12.2. The van der Waals surface area contributed by atoms with E-state index in [9.17, 15) is 13.2 Å². The first kappa shape index (κ1) is 18.9. The first-order valence-electron chi connectivity index (χ1n) is 6.91. The van der Waals surface area contributed by atoms with Crippen LogP contribution in [0.5, 0.6) is 0 Å². The number of rotatable bonds is 4. The van der Waals surface area contributed by atoms with Gasteiger partial charge in [-0.25, -0.2) is 12.7 Å². The highest BCUT2D eigenvalue weighted by Gasteiger charge is 2.30. The summed E-state index contributed by atoms with van der Waals surface area (Å²) in [5.41, 5.74) is 6.38. The van der Waals surface area contributed by atoms with Crippen molar-refractivity contribution >= 4 is 34.0 Å². The van der Waals surface area contributed by atoms with Crippen molar-refractivity contribution in [2.45, 2.75) is 30.2 Å². The lowest BCUT2D eigenvalue weighted by Gasteiger charge is -2.16. The summed E-state index contributed by atoms with van der Waals surface area (Å²) in [6.07, 6.45) is 2.59. The topological polar surface area (TPSA) is 92.5 Å². The number of carbonyl (C=O) groups excluding carboxylic acids is 1. The van der Waals surface area contributed by atoms with Gasteiger partial charge in [-0.15, -0.1) is 12.4 Å². The fraction of sp³-hybridized carbons (Fsp3) is 0.500. The Hall–Kier alpha value is -1.15. The first-order chi connectivity index (χ1) is 9.82. The van der Waals surface area contributed by atoms with Crippen LogP contribution in [0.1, 0.15) is 19.3 Å². The predicted octanol–water partition coefficient (Wildman–Crippen LogP) is 1.42. The number of nitrogens with one attached hydrogen (secondary N) is 1. The van der Waals surface area contributed by atoms with Crippen LogP contribution in [0, 0.1) is 5.92 Å².